The Morgan fingerprint density at radius 1 is 1.00 bits per heavy atom. The number of aliphatic hydroxyl groups is 1. The average molecular weight is 319 g/mol. The lowest BCUT2D eigenvalue weighted by atomic mass is 9.87. The van der Waals surface area contributed by atoms with Gasteiger partial charge in [0, 0.05) is 18.0 Å². The fourth-order valence-corrected chi connectivity index (χ4v) is 4.71. The Kier molecular flexibility index (Phi) is 4.47. The Labute approximate surface area is 131 Å². The fourth-order valence-electron chi connectivity index (χ4n) is 3.18. The van der Waals surface area contributed by atoms with Crippen LogP contribution in [0.15, 0.2) is 47.4 Å². The number of sulfonamides is 1. The molecule has 0 aromatic heterocycles. The highest BCUT2D eigenvalue weighted by Crippen LogP contribution is 2.27. The van der Waals surface area contributed by atoms with Gasteiger partial charge in [-0.3, -0.25) is 0 Å². The first kappa shape index (κ1) is 15.5. The van der Waals surface area contributed by atoms with Crippen LogP contribution in [-0.2, 0) is 10.0 Å². The first-order valence-corrected chi connectivity index (χ1v) is 9.19. The van der Waals surface area contributed by atoms with E-state index in [1.165, 1.54) is 0 Å². The van der Waals surface area contributed by atoms with Gasteiger partial charge in [-0.1, -0.05) is 36.4 Å². The number of nitrogens with one attached hydrogen (secondary N) is 1. The van der Waals surface area contributed by atoms with Crippen LogP contribution in [0.5, 0.6) is 0 Å². The van der Waals surface area contributed by atoms with Crippen LogP contribution in [-0.4, -0.2) is 26.2 Å². The van der Waals surface area contributed by atoms with Gasteiger partial charge in [-0.05, 0) is 43.1 Å². The molecule has 0 atom stereocenters. The molecule has 0 aliphatic heterocycles. The SMILES string of the molecule is O=S(=O)(NC1CCC(CO)CC1)c1cccc2ccccc12. The highest BCUT2D eigenvalue weighted by Gasteiger charge is 2.26. The molecular weight excluding hydrogens is 298 g/mol. The van der Waals surface area contributed by atoms with Gasteiger partial charge in [0.05, 0.1) is 4.90 Å². The van der Waals surface area contributed by atoms with Crippen molar-refractivity contribution in [2.24, 2.45) is 5.92 Å². The summed E-state index contributed by atoms with van der Waals surface area (Å²) < 4.78 is 28.2. The van der Waals surface area contributed by atoms with E-state index >= 15 is 0 Å². The van der Waals surface area contributed by atoms with Gasteiger partial charge in [0.25, 0.3) is 0 Å². The molecule has 0 heterocycles. The third kappa shape index (κ3) is 3.16. The second-order valence-corrected chi connectivity index (χ2v) is 7.68. The second-order valence-electron chi connectivity index (χ2n) is 6.00. The van der Waals surface area contributed by atoms with E-state index in [0.29, 0.717) is 10.8 Å². The van der Waals surface area contributed by atoms with E-state index in [1.807, 2.05) is 30.3 Å². The quantitative estimate of drug-likeness (QED) is 0.910. The zero-order valence-electron chi connectivity index (χ0n) is 12.4. The average Bonchev–Trinajstić information content (AvgIpc) is 2.54. The molecule has 0 unspecified atom stereocenters. The van der Waals surface area contributed by atoms with E-state index in [4.69, 9.17) is 5.11 Å². The summed E-state index contributed by atoms with van der Waals surface area (Å²) in [6.07, 6.45) is 3.32. The van der Waals surface area contributed by atoms with Crippen LogP contribution in [0.1, 0.15) is 25.7 Å². The zero-order chi connectivity index (χ0) is 15.6. The van der Waals surface area contributed by atoms with Crippen molar-refractivity contribution in [1.82, 2.24) is 4.72 Å². The molecule has 4 nitrogen and oxygen atoms in total. The highest BCUT2D eigenvalue weighted by atomic mass is 32.2. The predicted octanol–water partition coefficient (Wildman–Crippen LogP) is 2.67. The number of benzene rings is 2. The fraction of sp³-hybridized carbons (Fsp3) is 0.412. The maximum absolute atomic E-state index is 12.7. The van der Waals surface area contributed by atoms with Crippen molar-refractivity contribution >= 4 is 20.8 Å². The first-order chi connectivity index (χ1) is 10.6. The number of fused-ring (bicyclic) bond motifs is 1. The summed E-state index contributed by atoms with van der Waals surface area (Å²) in [5.74, 6) is 0.318. The van der Waals surface area contributed by atoms with E-state index in [9.17, 15) is 8.42 Å². The molecule has 0 radical (unpaired) electrons. The summed E-state index contributed by atoms with van der Waals surface area (Å²) in [5.41, 5.74) is 0. The largest absolute Gasteiger partial charge is 0.396 e. The highest BCUT2D eigenvalue weighted by molar-refractivity contribution is 7.89. The van der Waals surface area contributed by atoms with Crippen molar-refractivity contribution in [3.8, 4) is 0 Å². The number of hydrogen-bond acceptors (Lipinski definition) is 3. The summed E-state index contributed by atoms with van der Waals surface area (Å²) in [4.78, 5) is 0.342. The van der Waals surface area contributed by atoms with E-state index in [2.05, 4.69) is 4.72 Å². The molecule has 2 aromatic carbocycles. The molecule has 0 bridgehead atoms. The Morgan fingerprint density at radius 2 is 1.68 bits per heavy atom. The van der Waals surface area contributed by atoms with Gasteiger partial charge in [0.2, 0.25) is 10.0 Å². The van der Waals surface area contributed by atoms with Gasteiger partial charge in [0.15, 0.2) is 0 Å². The molecule has 22 heavy (non-hydrogen) atoms. The van der Waals surface area contributed by atoms with Gasteiger partial charge in [-0.25, -0.2) is 13.1 Å². The summed E-state index contributed by atoms with van der Waals surface area (Å²) in [7, 11) is -3.52. The van der Waals surface area contributed by atoms with E-state index in [1.54, 1.807) is 12.1 Å². The lowest BCUT2D eigenvalue weighted by molar-refractivity contribution is 0.180. The lowest BCUT2D eigenvalue weighted by Gasteiger charge is -2.27. The minimum Gasteiger partial charge on any atom is -0.396 e. The van der Waals surface area contributed by atoms with Gasteiger partial charge < -0.3 is 5.11 Å². The molecule has 5 heteroatoms. The number of hydrogen-bond donors (Lipinski definition) is 2. The van der Waals surface area contributed by atoms with Crippen LogP contribution in [0, 0.1) is 5.92 Å². The molecule has 0 amide bonds. The van der Waals surface area contributed by atoms with Crippen LogP contribution < -0.4 is 4.72 Å². The number of rotatable bonds is 4. The topological polar surface area (TPSA) is 66.4 Å². The van der Waals surface area contributed by atoms with Gasteiger partial charge in [-0.15, -0.1) is 0 Å². The molecule has 1 fully saturated rings. The smallest absolute Gasteiger partial charge is 0.241 e. The van der Waals surface area contributed by atoms with Crippen LogP contribution in [0.4, 0.5) is 0 Å². The monoisotopic (exact) mass is 319 g/mol. The van der Waals surface area contributed by atoms with E-state index in [0.717, 1.165) is 36.5 Å². The van der Waals surface area contributed by atoms with Crippen molar-refractivity contribution in [3.63, 3.8) is 0 Å². The normalized spacial score (nSPS) is 22.8. The minimum atomic E-state index is -3.52. The minimum absolute atomic E-state index is 0.0354. The van der Waals surface area contributed by atoms with Crippen molar-refractivity contribution < 1.29 is 13.5 Å². The summed E-state index contributed by atoms with van der Waals surface area (Å²) >= 11 is 0. The molecule has 0 spiro atoms. The molecule has 118 valence electrons. The third-order valence-corrected chi connectivity index (χ3v) is 6.04. The van der Waals surface area contributed by atoms with Crippen LogP contribution in [0.3, 0.4) is 0 Å². The van der Waals surface area contributed by atoms with Crippen molar-refractivity contribution in [2.45, 2.75) is 36.6 Å². The maximum Gasteiger partial charge on any atom is 0.241 e. The molecular formula is C17H21NO3S. The molecule has 1 aliphatic carbocycles. The third-order valence-electron chi connectivity index (χ3n) is 4.47. The molecule has 1 aliphatic rings. The van der Waals surface area contributed by atoms with Crippen LogP contribution in [0.25, 0.3) is 10.8 Å². The number of aliphatic hydroxyl groups excluding tert-OH is 1. The molecule has 0 saturated heterocycles. The lowest BCUT2D eigenvalue weighted by Crippen LogP contribution is -2.38. The Balaban J connectivity index is 1.83. The summed E-state index contributed by atoms with van der Waals surface area (Å²) in [6, 6.07) is 12.8. The molecule has 1 saturated carbocycles. The second kappa shape index (κ2) is 6.36. The van der Waals surface area contributed by atoms with Gasteiger partial charge in [-0.2, -0.15) is 0 Å². The van der Waals surface area contributed by atoms with E-state index < -0.39 is 10.0 Å². The zero-order valence-corrected chi connectivity index (χ0v) is 13.2. The van der Waals surface area contributed by atoms with Crippen LogP contribution in [0.2, 0.25) is 0 Å². The Hall–Kier alpha value is -1.43. The van der Waals surface area contributed by atoms with Crippen molar-refractivity contribution in [3.05, 3.63) is 42.5 Å². The van der Waals surface area contributed by atoms with Crippen molar-refractivity contribution in [1.29, 1.82) is 0 Å². The van der Waals surface area contributed by atoms with E-state index in [-0.39, 0.29) is 12.6 Å². The van der Waals surface area contributed by atoms with Crippen molar-refractivity contribution in [2.75, 3.05) is 6.61 Å². The molecule has 2 N–H and O–H groups in total. The Bertz CT molecular complexity index is 744. The first-order valence-electron chi connectivity index (χ1n) is 7.71. The van der Waals surface area contributed by atoms with Gasteiger partial charge in [0.1, 0.15) is 0 Å². The van der Waals surface area contributed by atoms with Gasteiger partial charge >= 0.3 is 0 Å². The molecule has 3 rings (SSSR count). The van der Waals surface area contributed by atoms with Crippen LogP contribution >= 0.6 is 0 Å². The maximum atomic E-state index is 12.7. The summed E-state index contributed by atoms with van der Waals surface area (Å²) in [5, 5.41) is 10.8. The standard InChI is InChI=1S/C17H21NO3S/c19-12-13-8-10-15(11-9-13)18-22(20,21)17-7-3-5-14-4-1-2-6-16(14)17/h1-7,13,15,18-19H,8-12H2. The predicted molar refractivity (Wildman–Crippen MR) is 87.1 cm³/mol. The molecule has 2 aromatic rings. The summed E-state index contributed by atoms with van der Waals surface area (Å²) in [6.45, 7) is 0.197. The Morgan fingerprint density at radius 3 is 2.41 bits per heavy atom.